The number of hydrogen-bond donors (Lipinski definition) is 2. The number of ether oxygens (including phenoxy) is 6. The number of nitrogens with one attached hydrogen (secondary N) is 2. The van der Waals surface area contributed by atoms with Crippen molar-refractivity contribution in [3.63, 3.8) is 0 Å². The second-order valence-electron chi connectivity index (χ2n) is 13.9. The molecular weight excluding hydrogens is 604 g/mol. The maximum absolute atomic E-state index is 5.93. The number of unbranched alkanes of at least 4 members (excludes halogenated alkanes) is 2. The molecule has 256 valence electrons. The molecule has 2 N–H and O–H groups in total. The van der Waals surface area contributed by atoms with Crippen molar-refractivity contribution in [2.24, 2.45) is 10.8 Å². The summed E-state index contributed by atoms with van der Waals surface area (Å²) in [4.78, 5) is 0. The minimum Gasteiger partial charge on any atom is -0.494 e. The van der Waals surface area contributed by atoms with Gasteiger partial charge < -0.3 is 39.1 Å². The van der Waals surface area contributed by atoms with E-state index in [1.165, 1.54) is 10.8 Å². The lowest BCUT2D eigenvalue weighted by atomic mass is 9.90. The molecule has 0 spiro atoms. The van der Waals surface area contributed by atoms with Crippen molar-refractivity contribution in [1.29, 1.82) is 0 Å². The van der Waals surface area contributed by atoms with Crippen molar-refractivity contribution in [3.8, 4) is 11.5 Å². The Bertz CT molecular complexity index is 1450. The normalized spacial score (nSPS) is 16.1. The lowest BCUT2D eigenvalue weighted by Gasteiger charge is -2.37. The van der Waals surface area contributed by atoms with Gasteiger partial charge in [-0.1, -0.05) is 26.0 Å². The summed E-state index contributed by atoms with van der Waals surface area (Å²) in [6.07, 6.45) is 3.92. The van der Waals surface area contributed by atoms with Crippen LogP contribution in [0.2, 0.25) is 0 Å². The zero-order valence-electron chi connectivity index (χ0n) is 28.4. The van der Waals surface area contributed by atoms with Gasteiger partial charge in [0.05, 0.1) is 52.9 Å². The van der Waals surface area contributed by atoms with Gasteiger partial charge in [0.25, 0.3) is 0 Å². The van der Waals surface area contributed by atoms with Crippen LogP contribution in [0.1, 0.15) is 39.5 Å². The first-order chi connectivity index (χ1) is 23.4. The van der Waals surface area contributed by atoms with Crippen LogP contribution in [-0.2, 0) is 18.9 Å². The molecule has 0 amide bonds. The Morgan fingerprint density at radius 2 is 0.875 bits per heavy atom. The van der Waals surface area contributed by atoms with E-state index in [-0.39, 0.29) is 10.8 Å². The Morgan fingerprint density at radius 3 is 1.25 bits per heavy atom. The lowest BCUT2D eigenvalue weighted by molar-refractivity contribution is -0.138. The molecule has 0 aromatic heterocycles. The fourth-order valence-electron chi connectivity index (χ4n) is 5.70. The quantitative estimate of drug-likeness (QED) is 0.0917. The molecule has 8 heteroatoms. The van der Waals surface area contributed by atoms with E-state index in [0.717, 1.165) is 113 Å². The third-order valence-electron chi connectivity index (χ3n) is 8.73. The molecule has 2 aliphatic heterocycles. The van der Waals surface area contributed by atoms with E-state index < -0.39 is 0 Å². The van der Waals surface area contributed by atoms with Crippen molar-refractivity contribution < 1.29 is 28.4 Å². The molecule has 0 unspecified atom stereocenters. The minimum atomic E-state index is 0.215. The molecule has 0 radical (unpaired) electrons. The van der Waals surface area contributed by atoms with Gasteiger partial charge in [0.2, 0.25) is 0 Å². The predicted molar refractivity (Wildman–Crippen MR) is 192 cm³/mol. The zero-order chi connectivity index (χ0) is 33.1. The van der Waals surface area contributed by atoms with Crippen molar-refractivity contribution in [2.45, 2.75) is 39.5 Å². The SMILES string of the molecule is CC1(COCCCCOc2ccc(Nc3ccc4cc(Nc5ccc(OCCCCOCC6(C)COC6)cc5)ccc4c3)cc2)COC1. The van der Waals surface area contributed by atoms with Crippen LogP contribution in [0.3, 0.4) is 0 Å². The van der Waals surface area contributed by atoms with Crippen molar-refractivity contribution >= 4 is 33.5 Å². The monoisotopic (exact) mass is 654 g/mol. The highest BCUT2D eigenvalue weighted by molar-refractivity contribution is 5.89. The summed E-state index contributed by atoms with van der Waals surface area (Å²) in [5.74, 6) is 1.76. The van der Waals surface area contributed by atoms with E-state index in [1.54, 1.807) is 0 Å². The number of fused-ring (bicyclic) bond motifs is 1. The van der Waals surface area contributed by atoms with Crippen LogP contribution >= 0.6 is 0 Å². The maximum Gasteiger partial charge on any atom is 0.119 e. The number of anilines is 4. The van der Waals surface area contributed by atoms with Crippen LogP contribution in [0.5, 0.6) is 11.5 Å². The van der Waals surface area contributed by atoms with E-state index in [2.05, 4.69) is 85.1 Å². The van der Waals surface area contributed by atoms with Crippen LogP contribution in [0.25, 0.3) is 10.8 Å². The lowest BCUT2D eigenvalue weighted by Crippen LogP contribution is -2.43. The standard InChI is InChI=1S/C40H50N2O6/c1-39(27-45-28-39)25-43-19-3-5-21-47-37-15-11-33(12-16-37)41-35-9-7-32-24-36(10-8-31(32)23-35)42-34-13-17-38(18-14-34)48-22-6-4-20-44-26-40(2)29-46-30-40/h7-18,23-24,41-42H,3-6,19-22,25-30H2,1-2H3. The number of rotatable bonds is 20. The van der Waals surface area contributed by atoms with Crippen LogP contribution in [0, 0.1) is 10.8 Å². The van der Waals surface area contributed by atoms with E-state index in [1.807, 2.05) is 24.3 Å². The molecule has 0 saturated carbocycles. The number of benzene rings is 4. The molecule has 8 nitrogen and oxygen atoms in total. The second-order valence-corrected chi connectivity index (χ2v) is 13.9. The average molecular weight is 655 g/mol. The van der Waals surface area contributed by atoms with E-state index in [4.69, 9.17) is 28.4 Å². The van der Waals surface area contributed by atoms with E-state index >= 15 is 0 Å². The Balaban J connectivity index is 0.882. The summed E-state index contributed by atoms with van der Waals surface area (Å²) in [7, 11) is 0. The first-order valence-electron chi connectivity index (χ1n) is 17.3. The van der Waals surface area contributed by atoms with Crippen LogP contribution in [0.15, 0.2) is 84.9 Å². The summed E-state index contributed by atoms with van der Waals surface area (Å²) in [5, 5.41) is 9.37. The summed E-state index contributed by atoms with van der Waals surface area (Å²) < 4.78 is 34.0. The Hall–Kier alpha value is -3.82. The molecule has 6 rings (SSSR count). The van der Waals surface area contributed by atoms with Crippen LogP contribution in [0.4, 0.5) is 22.7 Å². The third-order valence-corrected chi connectivity index (χ3v) is 8.73. The van der Waals surface area contributed by atoms with Gasteiger partial charge >= 0.3 is 0 Å². The summed E-state index contributed by atoms with van der Waals surface area (Å²) >= 11 is 0. The molecular formula is C40H50N2O6. The molecule has 2 saturated heterocycles. The molecule has 0 bridgehead atoms. The first-order valence-corrected chi connectivity index (χ1v) is 17.3. The third kappa shape index (κ3) is 10.1. The van der Waals surface area contributed by atoms with Crippen molar-refractivity contribution in [2.75, 3.05) is 76.7 Å². The molecule has 2 aliphatic rings. The van der Waals surface area contributed by atoms with E-state index in [9.17, 15) is 0 Å². The maximum atomic E-state index is 5.93. The highest BCUT2D eigenvalue weighted by Gasteiger charge is 2.34. The van der Waals surface area contributed by atoms with Crippen molar-refractivity contribution in [1.82, 2.24) is 0 Å². The summed E-state index contributed by atoms with van der Waals surface area (Å²) in [5.41, 5.74) is 4.56. The first kappa shape index (κ1) is 34.1. The van der Waals surface area contributed by atoms with Crippen LogP contribution < -0.4 is 20.1 Å². The van der Waals surface area contributed by atoms with Gasteiger partial charge in [-0.3, -0.25) is 0 Å². The topological polar surface area (TPSA) is 79.4 Å². The van der Waals surface area contributed by atoms with E-state index in [0.29, 0.717) is 13.2 Å². The summed E-state index contributed by atoms with van der Waals surface area (Å²) in [6.45, 7) is 12.1. The highest BCUT2D eigenvalue weighted by Crippen LogP contribution is 2.29. The predicted octanol–water partition coefficient (Wildman–Crippen LogP) is 8.75. The van der Waals surface area contributed by atoms with Gasteiger partial charge in [-0.15, -0.1) is 0 Å². The fraction of sp³-hybridized carbons (Fsp3) is 0.450. The molecule has 2 fully saturated rings. The Morgan fingerprint density at radius 1 is 0.500 bits per heavy atom. The Labute approximate surface area is 285 Å². The summed E-state index contributed by atoms with van der Waals surface area (Å²) in [6, 6.07) is 29.1. The molecule has 0 atom stereocenters. The van der Waals surface area contributed by atoms with Gasteiger partial charge in [0, 0.05) is 46.8 Å². The molecule has 48 heavy (non-hydrogen) atoms. The largest absolute Gasteiger partial charge is 0.494 e. The van der Waals surface area contributed by atoms with Gasteiger partial charge in [-0.25, -0.2) is 0 Å². The van der Waals surface area contributed by atoms with Crippen LogP contribution in [-0.4, -0.2) is 66.1 Å². The Kier molecular flexibility index (Phi) is 11.7. The van der Waals surface area contributed by atoms with Gasteiger partial charge in [-0.2, -0.15) is 0 Å². The highest BCUT2D eigenvalue weighted by atomic mass is 16.5. The molecule has 4 aromatic rings. The zero-order valence-corrected chi connectivity index (χ0v) is 28.4. The average Bonchev–Trinajstić information content (AvgIpc) is 3.07. The minimum absolute atomic E-state index is 0.215. The van der Waals surface area contributed by atoms with Gasteiger partial charge in [0.15, 0.2) is 0 Å². The van der Waals surface area contributed by atoms with Gasteiger partial charge in [0.1, 0.15) is 11.5 Å². The van der Waals surface area contributed by atoms with Gasteiger partial charge in [-0.05, 0) is 109 Å². The molecule has 2 heterocycles. The smallest absolute Gasteiger partial charge is 0.119 e. The second kappa shape index (κ2) is 16.5. The fourth-order valence-corrected chi connectivity index (χ4v) is 5.70. The molecule has 4 aromatic carbocycles. The number of hydrogen-bond acceptors (Lipinski definition) is 8. The molecule has 0 aliphatic carbocycles. The van der Waals surface area contributed by atoms with Crippen molar-refractivity contribution in [3.05, 3.63) is 84.9 Å².